The monoisotopic (exact) mass is 477 g/mol. The van der Waals surface area contributed by atoms with E-state index in [0.717, 1.165) is 23.2 Å². The van der Waals surface area contributed by atoms with Crippen molar-refractivity contribution in [2.45, 2.75) is 69.8 Å². The quantitative estimate of drug-likeness (QED) is 0.381. The average Bonchev–Trinajstić information content (AvgIpc) is 3.22. The zero-order valence-electron chi connectivity index (χ0n) is 20.5. The second-order valence-electron chi connectivity index (χ2n) is 9.48. The van der Waals surface area contributed by atoms with Gasteiger partial charge in [-0.15, -0.1) is 10.2 Å². The number of fused-ring (bicyclic) bond motifs is 3. The molecule has 7 nitrogen and oxygen atoms in total. The predicted octanol–water partition coefficient (Wildman–Crippen LogP) is 4.94. The lowest BCUT2D eigenvalue weighted by Crippen LogP contribution is -2.46. The number of aromatic nitrogens is 4. The van der Waals surface area contributed by atoms with Crippen LogP contribution in [-0.4, -0.2) is 35.9 Å². The second kappa shape index (κ2) is 9.25. The zero-order valence-corrected chi connectivity index (χ0v) is 21.3. The molecule has 0 spiro atoms. The number of nitrogens with zero attached hydrogens (tertiary/aromatic N) is 4. The van der Waals surface area contributed by atoms with Gasteiger partial charge < -0.3 is 5.32 Å². The molecule has 1 unspecified atom stereocenters. The van der Waals surface area contributed by atoms with E-state index < -0.39 is 0 Å². The third-order valence-electron chi connectivity index (χ3n) is 6.19. The third-order valence-corrected chi connectivity index (χ3v) is 7.23. The number of amides is 1. The Balaban J connectivity index is 1.90. The lowest BCUT2D eigenvalue weighted by Gasteiger charge is -2.26. The van der Waals surface area contributed by atoms with E-state index in [0.29, 0.717) is 16.3 Å². The maximum atomic E-state index is 13.7. The van der Waals surface area contributed by atoms with E-state index in [9.17, 15) is 9.59 Å². The Bertz CT molecular complexity index is 1420. The van der Waals surface area contributed by atoms with Gasteiger partial charge in [0.25, 0.3) is 5.56 Å². The summed E-state index contributed by atoms with van der Waals surface area (Å²) in [5.74, 6) is 0.592. The van der Waals surface area contributed by atoms with E-state index in [1.165, 1.54) is 11.8 Å². The van der Waals surface area contributed by atoms with Gasteiger partial charge in [-0.3, -0.25) is 14.0 Å². The Morgan fingerprint density at radius 1 is 1.06 bits per heavy atom. The van der Waals surface area contributed by atoms with Gasteiger partial charge in [-0.1, -0.05) is 62.9 Å². The smallest absolute Gasteiger partial charge is 0.267 e. The maximum Gasteiger partial charge on any atom is 0.267 e. The number of carbonyl (C=O) groups is 1. The van der Waals surface area contributed by atoms with Gasteiger partial charge >= 0.3 is 0 Å². The first-order valence-electron chi connectivity index (χ1n) is 11.6. The molecule has 0 aliphatic heterocycles. The van der Waals surface area contributed by atoms with Crippen LogP contribution in [0, 0.1) is 0 Å². The highest BCUT2D eigenvalue weighted by Crippen LogP contribution is 2.28. The van der Waals surface area contributed by atoms with Crippen molar-refractivity contribution < 1.29 is 4.79 Å². The molecule has 0 aliphatic carbocycles. The minimum atomic E-state index is -0.389. The van der Waals surface area contributed by atoms with E-state index in [2.05, 4.69) is 29.4 Å². The van der Waals surface area contributed by atoms with Crippen molar-refractivity contribution in [2.75, 3.05) is 0 Å². The molecule has 0 saturated carbocycles. The number of thioether (sulfide) groups is 1. The van der Waals surface area contributed by atoms with Crippen LogP contribution in [-0.2, 0) is 4.79 Å². The van der Waals surface area contributed by atoms with Gasteiger partial charge in [-0.05, 0) is 56.9 Å². The number of benzene rings is 2. The van der Waals surface area contributed by atoms with Gasteiger partial charge in [0, 0.05) is 5.54 Å². The van der Waals surface area contributed by atoms with Crippen molar-refractivity contribution in [3.8, 4) is 5.69 Å². The Kier molecular flexibility index (Phi) is 6.53. The van der Waals surface area contributed by atoms with Crippen molar-refractivity contribution in [1.82, 2.24) is 24.5 Å². The van der Waals surface area contributed by atoms with Crippen LogP contribution in [0.3, 0.4) is 0 Å². The summed E-state index contributed by atoms with van der Waals surface area (Å²) in [4.78, 5) is 26.5. The summed E-state index contributed by atoms with van der Waals surface area (Å²) in [6, 6.07) is 15.3. The molecule has 0 fully saturated rings. The first-order valence-corrected chi connectivity index (χ1v) is 12.5. The predicted molar refractivity (Wildman–Crippen MR) is 138 cm³/mol. The minimum Gasteiger partial charge on any atom is -0.350 e. The molecule has 0 radical (unpaired) electrons. The topological polar surface area (TPSA) is 81.3 Å². The Labute approximate surface area is 203 Å². The van der Waals surface area contributed by atoms with Crippen molar-refractivity contribution in [1.29, 1.82) is 0 Å². The molecule has 0 bridgehead atoms. The Morgan fingerprint density at radius 2 is 1.74 bits per heavy atom. The van der Waals surface area contributed by atoms with Gasteiger partial charge in [0.15, 0.2) is 5.16 Å². The van der Waals surface area contributed by atoms with Crippen LogP contribution in [0.5, 0.6) is 0 Å². The summed E-state index contributed by atoms with van der Waals surface area (Å²) in [5.41, 5.74) is 2.13. The minimum absolute atomic E-state index is 0.0589. The molecule has 4 rings (SSSR count). The fourth-order valence-corrected chi connectivity index (χ4v) is 4.74. The molecular formula is C26H31N5O2S. The maximum absolute atomic E-state index is 13.7. The summed E-state index contributed by atoms with van der Waals surface area (Å²) in [7, 11) is 0. The fourth-order valence-electron chi connectivity index (χ4n) is 3.89. The van der Waals surface area contributed by atoms with E-state index in [1.807, 2.05) is 80.6 Å². The molecule has 1 atom stereocenters. The number of rotatable bonds is 7. The highest BCUT2D eigenvalue weighted by atomic mass is 32.2. The van der Waals surface area contributed by atoms with Gasteiger partial charge in [-0.2, -0.15) is 0 Å². The summed E-state index contributed by atoms with van der Waals surface area (Å²) >= 11 is 1.34. The van der Waals surface area contributed by atoms with Crippen LogP contribution in [0.4, 0.5) is 0 Å². The number of hydrogen-bond donors (Lipinski definition) is 1. The normalized spacial score (nSPS) is 13.0. The molecule has 0 saturated heterocycles. The van der Waals surface area contributed by atoms with E-state index in [4.69, 9.17) is 0 Å². The lowest BCUT2D eigenvalue weighted by atomic mass is 10.0. The van der Waals surface area contributed by atoms with Crippen LogP contribution in [0.1, 0.15) is 59.4 Å². The van der Waals surface area contributed by atoms with Crippen LogP contribution in [0.2, 0.25) is 0 Å². The molecule has 34 heavy (non-hydrogen) atoms. The highest BCUT2D eigenvalue weighted by Gasteiger charge is 2.26. The van der Waals surface area contributed by atoms with Crippen LogP contribution >= 0.6 is 11.8 Å². The van der Waals surface area contributed by atoms with Crippen LogP contribution in [0.15, 0.2) is 58.5 Å². The highest BCUT2D eigenvalue weighted by molar-refractivity contribution is 8.00. The number of carbonyl (C=O) groups excluding carboxylic acids is 1. The van der Waals surface area contributed by atoms with Crippen molar-refractivity contribution >= 4 is 34.3 Å². The largest absolute Gasteiger partial charge is 0.350 e. The SMILES string of the molecule is CCC(C)(C)NC(=O)C(C)Sc1nnc2n(-c3ccccc3C(C)C)c(=O)c3ccccc3n12. The van der Waals surface area contributed by atoms with Crippen LogP contribution < -0.4 is 10.9 Å². The van der Waals surface area contributed by atoms with Crippen molar-refractivity contribution in [3.05, 3.63) is 64.4 Å². The Hall–Kier alpha value is -3.13. The van der Waals surface area contributed by atoms with Crippen LogP contribution in [0.25, 0.3) is 22.4 Å². The molecule has 1 N–H and O–H groups in total. The number of nitrogens with one attached hydrogen (secondary N) is 1. The first-order chi connectivity index (χ1) is 16.1. The number of para-hydroxylation sites is 2. The molecule has 4 aromatic rings. The van der Waals surface area contributed by atoms with Gasteiger partial charge in [0.2, 0.25) is 11.7 Å². The molecule has 1 amide bonds. The molecule has 2 aromatic carbocycles. The molecule has 178 valence electrons. The molecule has 8 heteroatoms. The second-order valence-corrected chi connectivity index (χ2v) is 10.8. The number of hydrogen-bond acceptors (Lipinski definition) is 5. The average molecular weight is 478 g/mol. The van der Waals surface area contributed by atoms with Crippen molar-refractivity contribution in [2.24, 2.45) is 0 Å². The summed E-state index contributed by atoms with van der Waals surface area (Å²) in [5, 5.41) is 12.7. The Morgan fingerprint density at radius 3 is 2.44 bits per heavy atom. The lowest BCUT2D eigenvalue weighted by molar-refractivity contribution is -0.121. The van der Waals surface area contributed by atoms with Gasteiger partial charge in [0.05, 0.1) is 21.8 Å². The molecule has 2 aromatic heterocycles. The molecule has 0 aliphatic rings. The first kappa shape index (κ1) is 24.0. The van der Waals surface area contributed by atoms with Gasteiger partial charge in [0.1, 0.15) is 0 Å². The summed E-state index contributed by atoms with van der Waals surface area (Å²) in [6.07, 6.45) is 0.830. The third kappa shape index (κ3) is 4.34. The van der Waals surface area contributed by atoms with Crippen molar-refractivity contribution in [3.63, 3.8) is 0 Å². The molecular weight excluding hydrogens is 446 g/mol. The van der Waals surface area contributed by atoms with Gasteiger partial charge in [-0.25, -0.2) is 4.57 Å². The zero-order chi connectivity index (χ0) is 24.6. The standard InChI is InChI=1S/C26H31N5O2S/c1-7-26(5,6)27-22(32)17(4)34-25-29-28-24-30(20-14-10-8-12-18(20)16(2)3)23(33)19-13-9-11-15-21(19)31(24)25/h8-17H,7H2,1-6H3,(H,27,32). The fraction of sp³-hybridized carbons (Fsp3) is 0.385. The molecule has 2 heterocycles. The summed E-state index contributed by atoms with van der Waals surface area (Å²) in [6.45, 7) is 12.1. The summed E-state index contributed by atoms with van der Waals surface area (Å²) < 4.78 is 3.52. The van der Waals surface area contributed by atoms with E-state index >= 15 is 0 Å². The van der Waals surface area contributed by atoms with E-state index in [1.54, 1.807) is 4.57 Å². The van der Waals surface area contributed by atoms with E-state index in [-0.39, 0.29) is 28.2 Å².